The van der Waals surface area contributed by atoms with Gasteiger partial charge in [-0.1, -0.05) is 48.5 Å². The van der Waals surface area contributed by atoms with Gasteiger partial charge in [0.05, 0.1) is 6.61 Å². The first kappa shape index (κ1) is 21.1. The largest absolute Gasteiger partial charge is 0.491 e. The molecular weight excluding hydrogens is 364 g/mol. The molecule has 1 unspecified atom stereocenters. The molecule has 5 heteroatoms. The summed E-state index contributed by atoms with van der Waals surface area (Å²) in [6, 6.07) is 24.2. The quantitative estimate of drug-likeness (QED) is 0.511. The molecule has 2 aromatic carbocycles. The second-order valence-electron chi connectivity index (χ2n) is 7.12. The summed E-state index contributed by atoms with van der Waals surface area (Å²) in [7, 11) is 1.70. The summed E-state index contributed by atoms with van der Waals surface area (Å²) in [5.41, 5.74) is 2.48. The highest BCUT2D eigenvalue weighted by Crippen LogP contribution is 2.12. The number of para-hydroxylation sites is 1. The average Bonchev–Trinajstić information content (AvgIpc) is 3.18. The first-order valence-corrected chi connectivity index (χ1v) is 9.99. The van der Waals surface area contributed by atoms with Crippen LogP contribution in [0.3, 0.4) is 0 Å². The van der Waals surface area contributed by atoms with Crippen molar-refractivity contribution in [3.8, 4) is 5.75 Å². The molecule has 0 saturated heterocycles. The Morgan fingerprint density at radius 1 is 0.966 bits per heavy atom. The number of nitrogens with zero attached hydrogens (tertiary/aromatic N) is 2. The molecule has 0 spiro atoms. The molecule has 0 aliphatic rings. The monoisotopic (exact) mass is 394 g/mol. The van der Waals surface area contributed by atoms with E-state index in [1.807, 2.05) is 36.4 Å². The van der Waals surface area contributed by atoms with Gasteiger partial charge >= 0.3 is 0 Å². The zero-order chi connectivity index (χ0) is 20.3. The third kappa shape index (κ3) is 7.06. The molecule has 1 heterocycles. The Bertz CT molecular complexity index is 820. The first-order chi connectivity index (χ1) is 14.2. The summed E-state index contributed by atoms with van der Waals surface area (Å²) in [5.74, 6) is 0.770. The zero-order valence-corrected chi connectivity index (χ0v) is 17.0. The molecule has 0 fully saturated rings. The Balaban J connectivity index is 1.58. The minimum atomic E-state index is -0.579. The molecular formula is C24H30N2O3. The number of hydrogen-bond donors (Lipinski definition) is 1. The van der Waals surface area contributed by atoms with Gasteiger partial charge in [-0.05, 0) is 29.8 Å². The molecule has 3 rings (SSSR count). The number of ether oxygens (including phenoxy) is 2. The fraction of sp³-hybridized carbons (Fsp3) is 0.333. The van der Waals surface area contributed by atoms with Crippen molar-refractivity contribution in [2.45, 2.75) is 19.2 Å². The van der Waals surface area contributed by atoms with Gasteiger partial charge in [-0.25, -0.2) is 0 Å². The first-order valence-electron chi connectivity index (χ1n) is 9.99. The maximum Gasteiger partial charge on any atom is 0.119 e. The highest BCUT2D eigenvalue weighted by molar-refractivity contribution is 5.21. The number of methoxy groups -OCH3 is 1. The molecule has 0 radical (unpaired) electrons. The van der Waals surface area contributed by atoms with Crippen LogP contribution in [-0.4, -0.2) is 54.1 Å². The highest BCUT2D eigenvalue weighted by atomic mass is 16.5. The van der Waals surface area contributed by atoms with Gasteiger partial charge in [0.2, 0.25) is 0 Å². The van der Waals surface area contributed by atoms with Crippen LogP contribution in [0.1, 0.15) is 11.3 Å². The third-order valence-electron chi connectivity index (χ3n) is 4.77. The van der Waals surface area contributed by atoms with Crippen molar-refractivity contribution in [2.75, 3.05) is 33.4 Å². The lowest BCUT2D eigenvalue weighted by atomic mass is 10.2. The van der Waals surface area contributed by atoms with E-state index in [1.54, 1.807) is 7.11 Å². The van der Waals surface area contributed by atoms with Gasteiger partial charge < -0.3 is 19.1 Å². The number of benzene rings is 2. The van der Waals surface area contributed by atoms with Crippen molar-refractivity contribution >= 4 is 0 Å². The second kappa shape index (κ2) is 11.4. The summed E-state index contributed by atoms with van der Waals surface area (Å²) in [6.07, 6.45) is 1.52. The summed E-state index contributed by atoms with van der Waals surface area (Å²) in [4.78, 5) is 2.21. The molecule has 154 valence electrons. The van der Waals surface area contributed by atoms with Crippen LogP contribution in [0.15, 0.2) is 79.0 Å². The van der Waals surface area contributed by atoms with Gasteiger partial charge in [-0.15, -0.1) is 0 Å². The van der Waals surface area contributed by atoms with Crippen molar-refractivity contribution < 1.29 is 14.6 Å². The minimum absolute atomic E-state index is 0.262. The minimum Gasteiger partial charge on any atom is -0.491 e. The van der Waals surface area contributed by atoms with E-state index in [9.17, 15) is 5.11 Å². The summed E-state index contributed by atoms with van der Waals surface area (Å²) in [5, 5.41) is 10.5. The number of aliphatic hydroxyl groups is 1. The molecule has 5 nitrogen and oxygen atoms in total. The van der Waals surface area contributed by atoms with E-state index in [0.29, 0.717) is 13.2 Å². The van der Waals surface area contributed by atoms with Crippen molar-refractivity contribution in [1.82, 2.24) is 9.47 Å². The maximum absolute atomic E-state index is 10.5. The zero-order valence-electron chi connectivity index (χ0n) is 17.0. The average molecular weight is 395 g/mol. The summed E-state index contributed by atoms with van der Waals surface area (Å²) < 4.78 is 13.2. The Labute approximate surface area is 173 Å². The highest BCUT2D eigenvalue weighted by Gasteiger charge is 2.15. The topological polar surface area (TPSA) is 46.9 Å². The third-order valence-corrected chi connectivity index (χ3v) is 4.77. The Kier molecular flexibility index (Phi) is 8.31. The molecule has 0 amide bonds. The van der Waals surface area contributed by atoms with Crippen LogP contribution in [0, 0.1) is 0 Å². The normalized spacial score (nSPS) is 12.2. The molecule has 0 aliphatic heterocycles. The van der Waals surface area contributed by atoms with E-state index < -0.39 is 6.10 Å². The van der Waals surface area contributed by atoms with E-state index in [1.165, 1.54) is 11.3 Å². The predicted octanol–water partition coefficient (Wildman–Crippen LogP) is 3.42. The lowest BCUT2D eigenvalue weighted by Gasteiger charge is -2.25. The fourth-order valence-electron chi connectivity index (χ4n) is 3.27. The van der Waals surface area contributed by atoms with Crippen LogP contribution in [0.5, 0.6) is 5.75 Å². The molecule has 29 heavy (non-hydrogen) atoms. The van der Waals surface area contributed by atoms with Gasteiger partial charge in [-0.3, -0.25) is 4.90 Å². The van der Waals surface area contributed by atoms with Gasteiger partial charge in [0.15, 0.2) is 0 Å². The van der Waals surface area contributed by atoms with Crippen LogP contribution in [0.4, 0.5) is 0 Å². The van der Waals surface area contributed by atoms with Crippen LogP contribution < -0.4 is 4.74 Å². The molecule has 0 bridgehead atoms. The SMILES string of the molecule is COCCN(Cc1cccn1Cc1ccccc1)CC(O)COc1ccccc1. The molecule has 0 aliphatic carbocycles. The number of aliphatic hydroxyl groups excluding tert-OH is 1. The standard InChI is InChI=1S/C24H30N2O3/c1-28-16-15-25(19-23(27)20-29-24-12-6-3-7-13-24)18-22-11-8-14-26(22)17-21-9-4-2-5-10-21/h2-14,23,27H,15-20H2,1H3. The molecule has 1 atom stereocenters. The number of rotatable bonds is 12. The predicted molar refractivity (Wildman–Crippen MR) is 115 cm³/mol. The van der Waals surface area contributed by atoms with Gasteiger partial charge in [0.1, 0.15) is 18.5 Å². The van der Waals surface area contributed by atoms with E-state index in [2.05, 4.69) is 52.1 Å². The van der Waals surface area contributed by atoms with Crippen molar-refractivity contribution in [3.63, 3.8) is 0 Å². The van der Waals surface area contributed by atoms with E-state index in [-0.39, 0.29) is 6.61 Å². The van der Waals surface area contributed by atoms with Gasteiger partial charge in [0, 0.05) is 45.2 Å². The van der Waals surface area contributed by atoms with Crippen LogP contribution in [0.2, 0.25) is 0 Å². The van der Waals surface area contributed by atoms with Gasteiger partial charge in [0.25, 0.3) is 0 Å². The van der Waals surface area contributed by atoms with Crippen molar-refractivity contribution in [1.29, 1.82) is 0 Å². The van der Waals surface area contributed by atoms with Crippen LogP contribution in [0.25, 0.3) is 0 Å². The van der Waals surface area contributed by atoms with E-state index in [4.69, 9.17) is 9.47 Å². The lowest BCUT2D eigenvalue weighted by Crippen LogP contribution is -2.37. The van der Waals surface area contributed by atoms with Gasteiger partial charge in [-0.2, -0.15) is 0 Å². The van der Waals surface area contributed by atoms with Crippen molar-refractivity contribution in [3.05, 3.63) is 90.3 Å². The molecule has 0 saturated carbocycles. The second-order valence-corrected chi connectivity index (χ2v) is 7.12. The lowest BCUT2D eigenvalue weighted by molar-refractivity contribution is 0.0534. The number of hydrogen-bond acceptors (Lipinski definition) is 4. The van der Waals surface area contributed by atoms with Crippen molar-refractivity contribution in [2.24, 2.45) is 0 Å². The Hall–Kier alpha value is -2.60. The van der Waals surface area contributed by atoms with Crippen LogP contribution >= 0.6 is 0 Å². The van der Waals surface area contributed by atoms with E-state index >= 15 is 0 Å². The van der Waals surface area contributed by atoms with Crippen LogP contribution in [-0.2, 0) is 17.8 Å². The smallest absolute Gasteiger partial charge is 0.119 e. The molecule has 1 aromatic heterocycles. The Morgan fingerprint density at radius 2 is 1.69 bits per heavy atom. The summed E-state index contributed by atoms with van der Waals surface area (Å²) >= 11 is 0. The maximum atomic E-state index is 10.5. The molecule has 1 N–H and O–H groups in total. The summed E-state index contributed by atoms with van der Waals surface area (Å²) in [6.45, 7) is 3.72. The van der Waals surface area contributed by atoms with E-state index in [0.717, 1.165) is 25.4 Å². The number of aromatic nitrogens is 1. The fourth-order valence-corrected chi connectivity index (χ4v) is 3.27. The molecule has 3 aromatic rings. The Morgan fingerprint density at radius 3 is 2.41 bits per heavy atom.